The maximum atomic E-state index is 15.1. The van der Waals surface area contributed by atoms with Crippen LogP contribution in [-0.4, -0.2) is 180 Å². The lowest BCUT2D eigenvalue weighted by Crippen LogP contribution is -2.35. The Morgan fingerprint density at radius 3 is 1.16 bits per heavy atom. The molecule has 15 rings (SSSR count). The molecule has 24 heteroatoms. The van der Waals surface area contributed by atoms with E-state index in [0.29, 0.717) is 101 Å². The average Bonchev–Trinajstić information content (AvgIpc) is 1.78. The number of fused-ring (bicyclic) bond motifs is 3. The fourth-order valence-corrected chi connectivity index (χ4v) is 17.6. The summed E-state index contributed by atoms with van der Waals surface area (Å²) in [7, 11) is 0. The number of aromatic nitrogens is 3. The van der Waals surface area contributed by atoms with Crippen molar-refractivity contribution in [1.29, 1.82) is 0 Å². The summed E-state index contributed by atoms with van der Waals surface area (Å²) in [6.07, 6.45) is 25.0. The van der Waals surface area contributed by atoms with Gasteiger partial charge in [0.05, 0.1) is 36.6 Å². The van der Waals surface area contributed by atoms with Crippen LogP contribution in [-0.2, 0) is 81.3 Å². The van der Waals surface area contributed by atoms with Crippen molar-refractivity contribution in [2.75, 3.05) is 114 Å². The highest BCUT2D eigenvalue weighted by molar-refractivity contribution is 5.78. The molecule has 0 aliphatic carbocycles. The summed E-state index contributed by atoms with van der Waals surface area (Å²) in [4.78, 5) is 57.1. The van der Waals surface area contributed by atoms with Gasteiger partial charge in [-0.2, -0.15) is 0 Å². The second kappa shape index (κ2) is 40.9. The van der Waals surface area contributed by atoms with Crippen LogP contribution in [0.2, 0.25) is 0 Å². The lowest BCUT2D eigenvalue weighted by molar-refractivity contribution is -0.144. The largest absolute Gasteiger partial charge is 0.480 e. The summed E-state index contributed by atoms with van der Waals surface area (Å²) in [5.74, 6) is -1.19. The molecule has 21 nitrogen and oxygen atoms in total. The summed E-state index contributed by atoms with van der Waals surface area (Å²) < 4.78 is 80.4. The molecule has 3 unspecified atom stereocenters. The number of rotatable bonds is 30. The molecule has 6 aromatic rings. The number of aryl methyl sites for hydroxylation is 6. The van der Waals surface area contributed by atoms with Gasteiger partial charge < -0.3 is 59.7 Å². The normalized spacial score (nSPS) is 22.8. The predicted octanol–water partition coefficient (Wildman–Crippen LogP) is 15.2. The second-order valence-electron chi connectivity index (χ2n) is 31.3. The van der Waals surface area contributed by atoms with Gasteiger partial charge in [-0.25, -0.2) is 28.1 Å². The summed E-state index contributed by atoms with van der Waals surface area (Å²) in [5.41, 5.74) is 10.4. The highest BCUT2D eigenvalue weighted by Gasteiger charge is 2.42. The van der Waals surface area contributed by atoms with E-state index in [4.69, 9.17) is 43.4 Å². The number of pyridine rings is 3. The number of ether oxygens (including phenoxy) is 6. The molecule has 111 heavy (non-hydrogen) atoms. The quantitative estimate of drug-likeness (QED) is 0.0229. The van der Waals surface area contributed by atoms with Crippen molar-refractivity contribution in [2.45, 2.75) is 228 Å². The van der Waals surface area contributed by atoms with Gasteiger partial charge in [-0.15, -0.1) is 0 Å². The van der Waals surface area contributed by atoms with Crippen molar-refractivity contribution in [3.05, 3.63) is 176 Å². The molecule has 0 spiro atoms. The molecule has 3 aromatic carbocycles. The van der Waals surface area contributed by atoms with Crippen molar-refractivity contribution >= 4 is 35.4 Å². The first kappa shape index (κ1) is 81.4. The third-order valence-electron chi connectivity index (χ3n) is 23.4. The molecule has 9 aliphatic heterocycles. The number of unbranched alkanes of at least 4 members (excludes halogenated alkanes) is 3. The number of nitrogens with zero attached hydrogens (tertiary/aromatic N) is 6. The Balaban J connectivity index is 0.000000146. The molecule has 6 N–H and O–H groups in total. The van der Waals surface area contributed by atoms with Crippen LogP contribution >= 0.6 is 0 Å². The average molecular weight is 1530 g/mol. The van der Waals surface area contributed by atoms with Gasteiger partial charge >= 0.3 is 17.9 Å². The molecule has 600 valence electrons. The summed E-state index contributed by atoms with van der Waals surface area (Å²) in [6, 6.07) is 24.1. The van der Waals surface area contributed by atoms with Gasteiger partial charge in [0.2, 0.25) is 0 Å². The molecular weight excluding hydrogens is 1420 g/mol. The highest BCUT2D eigenvalue weighted by atomic mass is 19.1. The molecule has 0 saturated carbocycles. The number of benzene rings is 3. The Morgan fingerprint density at radius 1 is 0.432 bits per heavy atom. The van der Waals surface area contributed by atoms with Crippen LogP contribution in [0.4, 0.5) is 30.6 Å². The number of anilines is 3. The van der Waals surface area contributed by atoms with Crippen LogP contribution in [0.3, 0.4) is 0 Å². The SMILES string of the molecule is O=C(O)[C@@H](c1c(F)cccc1C1CCCCO1)N1CC[C@@H](OCCCCc2ccc3c(n2)NCCC3)C1.O=C(O)[C@H](c1c(F)cccc1C1CCCCO1)N1CC[C@@H](OCCCCc2ccc3c(n2)NCCC3)C1.O=C(O)[C@H](c1ccc(F)cc1C1CCCCO1)N1CC[C@@H](OCCCCc2ccc3c(n2)NCCC3)C1. The van der Waals surface area contributed by atoms with Gasteiger partial charge in [0.25, 0.3) is 0 Å². The number of halogens is 3. The van der Waals surface area contributed by atoms with Crippen molar-refractivity contribution in [3.63, 3.8) is 0 Å². The lowest BCUT2D eigenvalue weighted by atomic mass is 9.91. The van der Waals surface area contributed by atoms with E-state index in [9.17, 15) is 34.1 Å². The monoisotopic (exact) mass is 1530 g/mol. The summed E-state index contributed by atoms with van der Waals surface area (Å²) in [5, 5.41) is 40.6. The Hall–Kier alpha value is -7.65. The van der Waals surface area contributed by atoms with Gasteiger partial charge in [-0.05, 0) is 255 Å². The Labute approximate surface area is 651 Å². The van der Waals surface area contributed by atoms with Gasteiger partial charge in [-0.1, -0.05) is 48.5 Å². The zero-order chi connectivity index (χ0) is 76.8. The Bertz CT molecular complexity index is 3840. The molecule has 0 amide bonds. The molecule has 9 atom stereocenters. The number of likely N-dealkylation sites (tertiary alicyclic amines) is 3. The van der Waals surface area contributed by atoms with Crippen molar-refractivity contribution in [1.82, 2.24) is 29.7 Å². The van der Waals surface area contributed by atoms with Crippen LogP contribution < -0.4 is 16.0 Å². The van der Waals surface area contributed by atoms with Gasteiger partial charge in [0, 0.05) is 127 Å². The number of hydrogen-bond donors (Lipinski definition) is 6. The molecule has 6 fully saturated rings. The maximum Gasteiger partial charge on any atom is 0.325 e. The molecule has 3 aromatic heterocycles. The minimum absolute atomic E-state index is 0.00254. The number of carbonyl (C=O) groups is 3. The Morgan fingerprint density at radius 2 is 0.802 bits per heavy atom. The van der Waals surface area contributed by atoms with Gasteiger partial charge in [0.1, 0.15) is 53.0 Å². The van der Waals surface area contributed by atoms with E-state index in [1.54, 1.807) is 18.2 Å². The lowest BCUT2D eigenvalue weighted by Gasteiger charge is -2.30. The first-order chi connectivity index (χ1) is 54.3. The number of aliphatic carboxylic acids is 3. The molecule has 0 bridgehead atoms. The fourth-order valence-electron chi connectivity index (χ4n) is 17.6. The van der Waals surface area contributed by atoms with E-state index in [1.807, 2.05) is 26.8 Å². The number of carboxylic acids is 3. The van der Waals surface area contributed by atoms with E-state index in [2.05, 4.69) is 52.3 Å². The number of nitrogens with one attached hydrogen (secondary N) is 3. The standard InChI is InChI=1S/3C29H38FN3O4/c2*30-24-10-5-9-23(25-11-2-4-18-37-25)26(24)27(29(34)35)33-16-14-22(19-33)36-17-3-1-8-21-13-12-20-7-6-15-31-28(20)32-21;30-21-10-12-24(25(18-21)26-8-2-4-17-37-26)27(29(34)35)33-15-13-23(19-33)36-16-3-1-7-22-11-9-20-6-5-14-31-28(20)32-22/h2*5,9-10,12-13,22,25,27H,1-4,6-8,11,14-19H2,(H,31,32)(H,34,35);9-12,18,23,26-27H,1-8,13-17,19H2,(H,31,32)(H,34,35)/t22-,25?,27+;22-,25?,27-;23-,26?,27+/m111/s1. The number of carboxylic acid groups (broad SMARTS) is 3. The molecule has 6 saturated heterocycles. The molecular formula is C87H114F3N9O12. The van der Waals surface area contributed by atoms with Crippen LogP contribution in [0.15, 0.2) is 91.0 Å². The maximum absolute atomic E-state index is 15.1. The van der Waals surface area contributed by atoms with Crippen LogP contribution in [0.25, 0.3) is 0 Å². The first-order valence-electron chi connectivity index (χ1n) is 41.4. The predicted molar refractivity (Wildman–Crippen MR) is 418 cm³/mol. The third-order valence-corrected chi connectivity index (χ3v) is 23.4. The van der Waals surface area contributed by atoms with E-state index in [-0.39, 0.29) is 53.6 Å². The van der Waals surface area contributed by atoms with Crippen LogP contribution in [0, 0.1) is 17.5 Å². The summed E-state index contributed by atoms with van der Waals surface area (Å²) in [6.45, 7) is 10.0. The van der Waals surface area contributed by atoms with E-state index in [0.717, 1.165) is 228 Å². The third kappa shape index (κ3) is 22.0. The van der Waals surface area contributed by atoms with Crippen molar-refractivity contribution < 1.29 is 71.3 Å². The fraction of sp³-hybridized carbons (Fsp3) is 0.586. The Kier molecular flexibility index (Phi) is 30.0. The van der Waals surface area contributed by atoms with Crippen LogP contribution in [0.1, 0.15) is 238 Å². The second-order valence-corrected chi connectivity index (χ2v) is 31.3. The number of hydrogen-bond acceptors (Lipinski definition) is 18. The zero-order valence-corrected chi connectivity index (χ0v) is 64.4. The van der Waals surface area contributed by atoms with E-state index >= 15 is 8.78 Å². The van der Waals surface area contributed by atoms with E-state index in [1.165, 1.54) is 41.0 Å². The molecule has 0 radical (unpaired) electrons. The highest BCUT2D eigenvalue weighted by Crippen LogP contribution is 2.42. The topological polar surface area (TPSA) is 252 Å². The van der Waals surface area contributed by atoms with E-state index < -0.39 is 47.7 Å². The van der Waals surface area contributed by atoms with Crippen LogP contribution in [0.5, 0.6) is 0 Å². The minimum Gasteiger partial charge on any atom is -0.480 e. The smallest absolute Gasteiger partial charge is 0.325 e. The zero-order valence-electron chi connectivity index (χ0n) is 64.4. The summed E-state index contributed by atoms with van der Waals surface area (Å²) >= 11 is 0. The van der Waals surface area contributed by atoms with Crippen molar-refractivity contribution in [3.8, 4) is 0 Å². The minimum atomic E-state index is -1.04. The van der Waals surface area contributed by atoms with Gasteiger partial charge in [0.15, 0.2) is 0 Å². The molecule has 12 heterocycles. The first-order valence-corrected chi connectivity index (χ1v) is 41.4. The van der Waals surface area contributed by atoms with Crippen molar-refractivity contribution in [2.24, 2.45) is 0 Å². The van der Waals surface area contributed by atoms with Gasteiger partial charge in [-0.3, -0.25) is 29.1 Å². The molecule has 9 aliphatic rings.